The average Bonchev–Trinajstić information content (AvgIpc) is 3.36. The number of alkyl halides is 24. The second-order valence-corrected chi connectivity index (χ2v) is 17.9. The predicted octanol–water partition coefficient (Wildman–Crippen LogP) is 15.5. The van der Waals surface area contributed by atoms with Crippen molar-refractivity contribution < 1.29 is 110 Å². The van der Waals surface area contributed by atoms with Gasteiger partial charge in [0.05, 0.1) is 56.9 Å². The van der Waals surface area contributed by atoms with Gasteiger partial charge in [-0.1, -0.05) is 118 Å². The van der Waals surface area contributed by atoms with Gasteiger partial charge in [-0.05, 0) is 30.7 Å². The van der Waals surface area contributed by atoms with E-state index in [0.717, 1.165) is 13.0 Å². The molecule has 2 nitrogen and oxygen atoms in total. The first kappa shape index (κ1) is 62.4. The summed E-state index contributed by atoms with van der Waals surface area (Å²) >= 11 is 0. The van der Waals surface area contributed by atoms with Gasteiger partial charge in [0.25, 0.3) is 0 Å². The van der Waals surface area contributed by atoms with Gasteiger partial charge in [-0.2, -0.15) is 132 Å². The Labute approximate surface area is 427 Å². The Kier molecular flexibility index (Phi) is 18.5. The molecule has 6 rings (SSSR count). The van der Waals surface area contributed by atoms with Crippen molar-refractivity contribution in [3.63, 3.8) is 0 Å². The molecule has 0 aliphatic heterocycles. The molecular weight excluding hydrogens is 1110 g/mol. The molecule has 0 radical (unpaired) electrons. The zero-order valence-corrected chi connectivity index (χ0v) is 39.7. The van der Waals surface area contributed by atoms with E-state index in [9.17, 15) is 105 Å². The maximum atomic E-state index is 14.2. The summed E-state index contributed by atoms with van der Waals surface area (Å²) in [6.45, 7) is 3.21. The third-order valence-electron chi connectivity index (χ3n) is 12.3. The van der Waals surface area contributed by atoms with E-state index in [4.69, 9.17) is 0 Å². The SMILES string of the molecule is CCCCCCCCc1cncc[n+]1Cc1ccccc1.FC(F)(F)c1cc([B-](c2cc(C(F)(F)F)cc(C(F)(F)F)c2)(c2cc(C(F)(F)F)cc(C(F)(F)F)c2)c2cc(C(F)(F)F)cc(C(F)(F)F)c2)cc(C(F)(F)F)c1. The molecule has 0 amide bonds. The Bertz CT molecular complexity index is 2540. The van der Waals surface area contributed by atoms with Crippen molar-refractivity contribution in [1.29, 1.82) is 0 Å². The normalized spacial score (nSPS) is 13.3. The highest BCUT2D eigenvalue weighted by atomic mass is 19.4. The molecule has 0 unspecified atom stereocenters. The van der Waals surface area contributed by atoms with E-state index < -0.39 is 195 Å². The molecule has 0 saturated carbocycles. The molecule has 0 atom stereocenters. The fourth-order valence-corrected chi connectivity index (χ4v) is 8.72. The van der Waals surface area contributed by atoms with Crippen molar-refractivity contribution in [2.75, 3.05) is 0 Å². The first-order valence-electron chi connectivity index (χ1n) is 22.9. The molecule has 6 aromatic rings. The predicted molar refractivity (Wildman–Crippen MR) is 237 cm³/mol. The van der Waals surface area contributed by atoms with Crippen molar-refractivity contribution in [1.82, 2.24) is 4.98 Å². The molecule has 5 aromatic carbocycles. The molecule has 0 fully saturated rings. The Morgan fingerprint density at radius 2 is 0.654 bits per heavy atom. The molecule has 1 heterocycles. The van der Waals surface area contributed by atoms with Gasteiger partial charge in [0.1, 0.15) is 6.15 Å². The highest BCUT2D eigenvalue weighted by Gasteiger charge is 2.47. The van der Waals surface area contributed by atoms with E-state index >= 15 is 0 Å². The molecule has 0 bridgehead atoms. The van der Waals surface area contributed by atoms with Crippen molar-refractivity contribution in [2.24, 2.45) is 0 Å². The molecule has 0 aliphatic rings. The minimum atomic E-state index is -6.13. The second kappa shape index (κ2) is 23.1. The number of halogens is 24. The molecule has 1 aromatic heterocycles. The highest BCUT2D eigenvalue weighted by Crippen LogP contribution is 2.41. The van der Waals surface area contributed by atoms with Crippen LogP contribution >= 0.6 is 0 Å². The van der Waals surface area contributed by atoms with Crippen molar-refractivity contribution in [3.05, 3.63) is 177 Å². The van der Waals surface area contributed by atoms with E-state index in [1.54, 1.807) is 0 Å². The monoisotopic (exact) mass is 1150 g/mol. The minimum Gasteiger partial charge on any atom is -0.252 e. The smallest absolute Gasteiger partial charge is 0.252 e. The standard InChI is InChI=1S/C32H12BF24.C19H27N2/c34-25(35,36)13-1-14(26(37,38)39)6-21(5-13)33(22-7-15(27(40,41)42)2-16(8-22)28(43,44)45,23-9-17(29(46,47)48)3-18(10-23)30(49,50)51)24-11-19(31(52,53)54)4-20(12-24)32(55,56)57;1-2-3-4-5-6-10-13-19-16-20-14-15-21(19)17-18-11-8-7-9-12-18/h1-12H;7-9,11-12,14-16H,2-6,10,13,17H2,1H3/q-1;+1. The number of rotatable bonds is 13. The first-order chi connectivity index (χ1) is 35.7. The number of aromatic nitrogens is 2. The lowest BCUT2D eigenvalue weighted by Gasteiger charge is -2.46. The summed E-state index contributed by atoms with van der Waals surface area (Å²) in [6, 6.07) is 1.83. The van der Waals surface area contributed by atoms with Crippen LogP contribution in [-0.2, 0) is 62.4 Å². The molecule has 78 heavy (non-hydrogen) atoms. The van der Waals surface area contributed by atoms with E-state index in [1.165, 1.54) is 49.8 Å². The Morgan fingerprint density at radius 1 is 0.372 bits per heavy atom. The fraction of sp³-hybridized carbons (Fsp3) is 0.333. The zero-order valence-electron chi connectivity index (χ0n) is 39.7. The highest BCUT2D eigenvalue weighted by molar-refractivity contribution is 7.20. The molecular formula is C51H39BF24N2. The van der Waals surface area contributed by atoms with Crippen LogP contribution in [0.25, 0.3) is 0 Å². The molecule has 424 valence electrons. The van der Waals surface area contributed by atoms with Crippen LogP contribution in [0.3, 0.4) is 0 Å². The first-order valence-corrected chi connectivity index (χ1v) is 22.9. The van der Waals surface area contributed by atoms with Crippen LogP contribution in [0.5, 0.6) is 0 Å². The number of hydrogen-bond donors (Lipinski definition) is 0. The number of aryl methyl sites for hydroxylation is 1. The Morgan fingerprint density at radius 3 is 0.936 bits per heavy atom. The number of nitrogens with zero attached hydrogens (tertiary/aromatic N) is 2. The van der Waals surface area contributed by atoms with Crippen molar-refractivity contribution in [3.8, 4) is 0 Å². The van der Waals surface area contributed by atoms with Crippen molar-refractivity contribution >= 4 is 28.0 Å². The van der Waals surface area contributed by atoms with Gasteiger partial charge in [-0.3, -0.25) is 4.98 Å². The summed E-state index contributed by atoms with van der Waals surface area (Å²) < 4.78 is 343. The molecule has 0 spiro atoms. The lowest BCUT2D eigenvalue weighted by molar-refractivity contribution is -0.696. The molecule has 0 saturated heterocycles. The summed E-state index contributed by atoms with van der Waals surface area (Å²) in [5, 5.41) is 0. The van der Waals surface area contributed by atoms with Crippen molar-refractivity contribution in [2.45, 2.75) is 108 Å². The summed E-state index contributed by atoms with van der Waals surface area (Å²) in [5.41, 5.74) is -27.5. The van der Waals surface area contributed by atoms with Gasteiger partial charge in [0, 0.05) is 12.0 Å². The van der Waals surface area contributed by atoms with Crippen LogP contribution in [0.15, 0.2) is 122 Å². The van der Waals surface area contributed by atoms with Gasteiger partial charge < -0.3 is 0 Å². The van der Waals surface area contributed by atoms with E-state index in [-0.39, 0.29) is 0 Å². The molecule has 0 aliphatic carbocycles. The Balaban J connectivity index is 0.000000443. The third kappa shape index (κ3) is 15.6. The maximum Gasteiger partial charge on any atom is 0.416 e. The summed E-state index contributed by atoms with van der Waals surface area (Å²) in [6.07, 6.45) is -39.6. The van der Waals surface area contributed by atoms with Gasteiger partial charge >= 0.3 is 49.4 Å². The third-order valence-corrected chi connectivity index (χ3v) is 12.3. The number of hydrogen-bond acceptors (Lipinski definition) is 1. The van der Waals surface area contributed by atoms with Crippen LogP contribution in [0.4, 0.5) is 105 Å². The lowest BCUT2D eigenvalue weighted by Crippen LogP contribution is -2.75. The fourth-order valence-electron chi connectivity index (χ4n) is 8.72. The van der Waals surface area contributed by atoms with Crippen LogP contribution in [0.2, 0.25) is 0 Å². The van der Waals surface area contributed by atoms with Crippen LogP contribution in [-0.4, -0.2) is 11.1 Å². The molecule has 0 N–H and O–H groups in total. The summed E-state index contributed by atoms with van der Waals surface area (Å²) in [7, 11) is 0. The molecule has 27 heteroatoms. The Hall–Kier alpha value is -6.44. The van der Waals surface area contributed by atoms with Crippen LogP contribution < -0.4 is 26.4 Å². The minimum absolute atomic E-state index is 0.691. The lowest BCUT2D eigenvalue weighted by atomic mass is 9.12. The quantitative estimate of drug-likeness (QED) is 0.0487. The second-order valence-electron chi connectivity index (χ2n) is 17.9. The van der Waals surface area contributed by atoms with E-state index in [1.807, 2.05) is 12.4 Å². The largest absolute Gasteiger partial charge is 0.416 e. The van der Waals surface area contributed by atoms with Gasteiger partial charge in [-0.15, -0.1) is 0 Å². The maximum absolute atomic E-state index is 14.2. The number of benzene rings is 5. The zero-order chi connectivity index (χ0) is 58.7. The van der Waals surface area contributed by atoms with Crippen LogP contribution in [0.1, 0.15) is 101 Å². The topological polar surface area (TPSA) is 16.8 Å². The van der Waals surface area contributed by atoms with Gasteiger partial charge in [0.15, 0.2) is 18.4 Å². The summed E-state index contributed by atoms with van der Waals surface area (Å²) in [4.78, 5) is 4.29. The summed E-state index contributed by atoms with van der Waals surface area (Å²) in [5.74, 6) is 0. The van der Waals surface area contributed by atoms with Gasteiger partial charge in [-0.25, -0.2) is 0 Å². The van der Waals surface area contributed by atoms with Gasteiger partial charge in [0.2, 0.25) is 0 Å². The van der Waals surface area contributed by atoms with E-state index in [0.29, 0.717) is 0 Å². The van der Waals surface area contributed by atoms with E-state index in [2.05, 4.69) is 53.0 Å². The average molecular weight is 1150 g/mol. The van der Waals surface area contributed by atoms with Crippen LogP contribution in [0, 0.1) is 0 Å². The number of unbranched alkanes of at least 4 members (excludes halogenated alkanes) is 5.